The summed E-state index contributed by atoms with van der Waals surface area (Å²) < 4.78 is 6.07. The zero-order valence-corrected chi connectivity index (χ0v) is 24.2. The number of amides is 3. The largest absolute Gasteiger partial charge is 0.489 e. The Morgan fingerprint density at radius 2 is 1.74 bits per heavy atom. The molecule has 2 heterocycles. The van der Waals surface area contributed by atoms with E-state index < -0.39 is 18.0 Å². The first-order valence-corrected chi connectivity index (χ1v) is 13.9. The molecule has 3 amide bonds. The summed E-state index contributed by atoms with van der Waals surface area (Å²) >= 11 is 0. The maximum Gasteiger partial charge on any atom is 0.405 e. The lowest BCUT2D eigenvalue weighted by molar-refractivity contribution is -0.138. The molecule has 0 saturated heterocycles. The zero-order chi connectivity index (χ0) is 30.7. The van der Waals surface area contributed by atoms with Gasteiger partial charge in [0.25, 0.3) is 0 Å². The van der Waals surface area contributed by atoms with Gasteiger partial charge in [-0.25, -0.2) is 9.78 Å². The fourth-order valence-corrected chi connectivity index (χ4v) is 4.55. The molecule has 11 nitrogen and oxygen atoms in total. The van der Waals surface area contributed by atoms with E-state index in [0.717, 1.165) is 11.1 Å². The van der Waals surface area contributed by atoms with Gasteiger partial charge in [0, 0.05) is 49.1 Å². The lowest BCUT2D eigenvalue weighted by Crippen LogP contribution is -2.52. The first-order chi connectivity index (χ1) is 20.7. The van der Waals surface area contributed by atoms with Crippen molar-refractivity contribution < 1.29 is 24.2 Å². The predicted molar refractivity (Wildman–Crippen MR) is 160 cm³/mol. The number of aromatic nitrogens is 3. The molecule has 4 aromatic rings. The van der Waals surface area contributed by atoms with Gasteiger partial charge in [-0.2, -0.15) is 0 Å². The molecule has 2 aromatic carbocycles. The normalized spacial score (nSPS) is 11.8. The second-order valence-corrected chi connectivity index (χ2v) is 10.7. The highest BCUT2D eigenvalue weighted by Crippen LogP contribution is 2.23. The van der Waals surface area contributed by atoms with Gasteiger partial charge < -0.3 is 30.4 Å². The molecule has 0 fully saturated rings. The number of rotatable bonds is 14. The van der Waals surface area contributed by atoms with Crippen LogP contribution in [0, 0.1) is 0 Å². The number of carbonyl (C=O) groups is 3. The average Bonchev–Trinajstić information content (AvgIpc) is 3.52. The Morgan fingerprint density at radius 1 is 1.02 bits per heavy atom. The Bertz CT molecular complexity index is 1480. The fourth-order valence-electron chi connectivity index (χ4n) is 4.55. The average molecular weight is 585 g/mol. The van der Waals surface area contributed by atoms with Gasteiger partial charge in [-0.1, -0.05) is 62.4 Å². The van der Waals surface area contributed by atoms with Crippen molar-refractivity contribution in [3.05, 3.63) is 114 Å². The molecule has 2 aromatic heterocycles. The third-order valence-corrected chi connectivity index (χ3v) is 6.97. The van der Waals surface area contributed by atoms with Crippen molar-refractivity contribution in [1.29, 1.82) is 0 Å². The number of imidazole rings is 1. The third kappa shape index (κ3) is 9.15. The van der Waals surface area contributed by atoms with Crippen LogP contribution < -0.4 is 15.4 Å². The van der Waals surface area contributed by atoms with Crippen molar-refractivity contribution in [1.82, 2.24) is 30.5 Å². The summed E-state index contributed by atoms with van der Waals surface area (Å²) in [5.41, 5.74) is 2.79. The second-order valence-electron chi connectivity index (χ2n) is 10.7. The topological polar surface area (TPSA) is 150 Å². The number of carboxylic acid groups (broad SMARTS) is 1. The van der Waals surface area contributed by atoms with Crippen LogP contribution >= 0.6 is 0 Å². The highest BCUT2D eigenvalue weighted by molar-refractivity contribution is 5.89. The highest BCUT2D eigenvalue weighted by Gasteiger charge is 2.30. The first-order valence-electron chi connectivity index (χ1n) is 13.9. The molecule has 43 heavy (non-hydrogen) atoms. The third-order valence-electron chi connectivity index (χ3n) is 6.97. The number of carbonyl (C=O) groups excluding carboxylic acids is 2. The van der Waals surface area contributed by atoms with E-state index in [1.54, 1.807) is 24.7 Å². The summed E-state index contributed by atoms with van der Waals surface area (Å²) in [4.78, 5) is 51.1. The number of hydrogen-bond acceptors (Lipinski definition) is 6. The van der Waals surface area contributed by atoms with Crippen molar-refractivity contribution in [2.75, 3.05) is 13.1 Å². The van der Waals surface area contributed by atoms with E-state index in [0.29, 0.717) is 23.6 Å². The SMILES string of the molecule is CC(C)(CNC(=O)CN(Cc1ccccc1OCc1ccncc1)C(=O)[C@H](Cc1c[nH]cn1)NC(=O)O)c1ccccc1. The van der Waals surface area contributed by atoms with Gasteiger partial charge in [-0.15, -0.1) is 0 Å². The van der Waals surface area contributed by atoms with Crippen LogP contribution in [0.1, 0.15) is 36.2 Å². The van der Waals surface area contributed by atoms with Gasteiger partial charge in [-0.3, -0.25) is 14.6 Å². The summed E-state index contributed by atoms with van der Waals surface area (Å²) in [6.07, 6.45) is 5.05. The van der Waals surface area contributed by atoms with Gasteiger partial charge >= 0.3 is 6.09 Å². The van der Waals surface area contributed by atoms with E-state index in [2.05, 4.69) is 25.6 Å². The maximum absolute atomic E-state index is 13.9. The summed E-state index contributed by atoms with van der Waals surface area (Å²) in [6, 6.07) is 19.6. The van der Waals surface area contributed by atoms with Crippen molar-refractivity contribution in [2.24, 2.45) is 0 Å². The molecule has 0 bridgehead atoms. The van der Waals surface area contributed by atoms with Gasteiger partial charge in [0.05, 0.1) is 18.6 Å². The van der Waals surface area contributed by atoms with Crippen molar-refractivity contribution in [2.45, 2.75) is 44.9 Å². The molecule has 4 N–H and O–H groups in total. The lowest BCUT2D eigenvalue weighted by Gasteiger charge is -2.29. The summed E-state index contributed by atoms with van der Waals surface area (Å²) in [7, 11) is 0. The number of aromatic amines is 1. The molecule has 0 aliphatic carbocycles. The molecule has 0 radical (unpaired) electrons. The number of para-hydroxylation sites is 1. The van der Waals surface area contributed by atoms with E-state index >= 15 is 0 Å². The minimum absolute atomic E-state index is 0.00792. The van der Waals surface area contributed by atoms with E-state index in [-0.39, 0.29) is 37.4 Å². The second kappa shape index (κ2) is 14.6. The molecule has 0 aliphatic rings. The van der Waals surface area contributed by atoms with Crippen LogP contribution in [-0.4, -0.2) is 62.0 Å². The van der Waals surface area contributed by atoms with Crippen LogP contribution in [0.2, 0.25) is 0 Å². The fraction of sp³-hybridized carbons (Fsp3) is 0.281. The van der Waals surface area contributed by atoms with Crippen LogP contribution in [0.5, 0.6) is 5.75 Å². The van der Waals surface area contributed by atoms with E-state index in [1.165, 1.54) is 11.2 Å². The molecular formula is C32H36N6O5. The molecule has 0 saturated carbocycles. The molecule has 1 atom stereocenters. The maximum atomic E-state index is 13.9. The number of nitrogens with zero attached hydrogens (tertiary/aromatic N) is 3. The van der Waals surface area contributed by atoms with E-state index in [1.807, 2.05) is 74.5 Å². The lowest BCUT2D eigenvalue weighted by atomic mass is 9.84. The molecule has 0 unspecified atom stereocenters. The standard InChI is InChI=1S/C32H36N6O5/c1-32(2,25-9-4-3-5-10-25)21-35-29(39)19-38(30(40)27(37-31(41)42)16-26-17-34-22-36-26)18-24-8-6-7-11-28(24)43-20-23-12-14-33-15-13-23/h3-15,17,22,27,37H,16,18-21H2,1-2H3,(H,34,36)(H,35,39)(H,41,42)/t27-/m0/s1. The molecule has 11 heteroatoms. The van der Waals surface area contributed by atoms with Gasteiger partial charge in [0.2, 0.25) is 11.8 Å². The molecule has 0 spiro atoms. The van der Waals surface area contributed by atoms with E-state index in [4.69, 9.17) is 4.74 Å². The number of benzene rings is 2. The highest BCUT2D eigenvalue weighted by atomic mass is 16.5. The van der Waals surface area contributed by atoms with Gasteiger partial charge in [0.15, 0.2) is 0 Å². The summed E-state index contributed by atoms with van der Waals surface area (Å²) in [5.74, 6) is -0.397. The van der Waals surface area contributed by atoms with Crippen LogP contribution in [0.4, 0.5) is 4.79 Å². The molecule has 224 valence electrons. The Balaban J connectivity index is 1.54. The molecule has 4 rings (SSSR count). The van der Waals surface area contributed by atoms with Crippen molar-refractivity contribution >= 4 is 17.9 Å². The van der Waals surface area contributed by atoms with Crippen LogP contribution in [-0.2, 0) is 34.6 Å². The predicted octanol–water partition coefficient (Wildman–Crippen LogP) is 3.69. The van der Waals surface area contributed by atoms with E-state index in [9.17, 15) is 19.5 Å². The minimum Gasteiger partial charge on any atom is -0.489 e. The zero-order valence-electron chi connectivity index (χ0n) is 24.2. The number of pyridine rings is 1. The Hall–Kier alpha value is -5.19. The van der Waals surface area contributed by atoms with Crippen molar-refractivity contribution in [3.8, 4) is 5.75 Å². The monoisotopic (exact) mass is 584 g/mol. The summed E-state index contributed by atoms with van der Waals surface area (Å²) in [6.45, 7) is 4.40. The minimum atomic E-state index is -1.36. The van der Waals surface area contributed by atoms with Crippen LogP contribution in [0.3, 0.4) is 0 Å². The Morgan fingerprint density at radius 3 is 2.44 bits per heavy atom. The molecule has 0 aliphatic heterocycles. The summed E-state index contributed by atoms with van der Waals surface area (Å²) in [5, 5.41) is 14.8. The smallest absolute Gasteiger partial charge is 0.405 e. The Labute approximate surface area is 250 Å². The van der Waals surface area contributed by atoms with Gasteiger partial charge in [0.1, 0.15) is 18.4 Å². The number of nitrogens with one attached hydrogen (secondary N) is 3. The molecular weight excluding hydrogens is 548 g/mol. The Kier molecular flexibility index (Phi) is 10.5. The van der Waals surface area contributed by atoms with Crippen LogP contribution in [0.15, 0.2) is 91.6 Å². The number of H-pyrrole nitrogens is 1. The quantitative estimate of drug-likeness (QED) is 0.177. The van der Waals surface area contributed by atoms with Crippen LogP contribution in [0.25, 0.3) is 0 Å². The van der Waals surface area contributed by atoms with Gasteiger partial charge in [-0.05, 0) is 29.3 Å². The number of ether oxygens (including phenoxy) is 1. The van der Waals surface area contributed by atoms with Crippen molar-refractivity contribution in [3.63, 3.8) is 0 Å². The number of hydrogen-bond donors (Lipinski definition) is 4. The first kappa shape index (κ1) is 30.8.